The number of halogens is 1. The molecule has 9 heteroatoms. The van der Waals surface area contributed by atoms with Crippen molar-refractivity contribution >= 4 is 40.3 Å². The monoisotopic (exact) mass is 389 g/mol. The van der Waals surface area contributed by atoms with Gasteiger partial charge >= 0.3 is 11.7 Å². The van der Waals surface area contributed by atoms with Crippen molar-refractivity contribution in [2.45, 2.75) is 19.4 Å². The fraction of sp³-hybridized carbons (Fsp3) is 0.167. The first kappa shape index (κ1) is 18.5. The topological polar surface area (TPSA) is 114 Å². The van der Waals surface area contributed by atoms with E-state index in [2.05, 4.69) is 10.9 Å². The molecule has 0 saturated carbocycles. The highest BCUT2D eigenvalue weighted by Crippen LogP contribution is 2.22. The van der Waals surface area contributed by atoms with Crippen LogP contribution in [0.25, 0.3) is 11.1 Å². The first-order valence-electron chi connectivity index (χ1n) is 8.12. The number of hydrogen-bond acceptors (Lipinski definition) is 5. The van der Waals surface area contributed by atoms with Crippen LogP contribution in [0.3, 0.4) is 0 Å². The molecule has 0 fully saturated rings. The Labute approximate surface area is 158 Å². The molecule has 0 aliphatic rings. The fourth-order valence-corrected chi connectivity index (χ4v) is 2.74. The number of hydrogen-bond donors (Lipinski definition) is 3. The number of carbonyl (C=O) groups is 2. The average molecular weight is 390 g/mol. The number of aryl methyl sites for hydroxylation is 1. The van der Waals surface area contributed by atoms with Crippen molar-refractivity contribution < 1.29 is 19.1 Å². The molecule has 0 spiro atoms. The highest BCUT2D eigenvalue weighted by atomic mass is 35.5. The van der Waals surface area contributed by atoms with Crippen LogP contribution in [0, 0.1) is 0 Å². The van der Waals surface area contributed by atoms with Crippen LogP contribution >= 0.6 is 11.6 Å². The molecule has 0 aliphatic heterocycles. The maximum atomic E-state index is 12.0. The Morgan fingerprint density at radius 2 is 1.96 bits per heavy atom. The average Bonchev–Trinajstić information content (AvgIpc) is 2.96. The van der Waals surface area contributed by atoms with E-state index >= 15 is 0 Å². The number of amides is 1. The van der Waals surface area contributed by atoms with E-state index in [4.69, 9.17) is 21.1 Å². The van der Waals surface area contributed by atoms with Crippen LogP contribution in [0.2, 0.25) is 5.02 Å². The van der Waals surface area contributed by atoms with Crippen molar-refractivity contribution in [3.05, 3.63) is 63.6 Å². The molecule has 0 aliphatic carbocycles. The molecule has 27 heavy (non-hydrogen) atoms. The minimum absolute atomic E-state index is 0.0439. The van der Waals surface area contributed by atoms with Crippen LogP contribution in [0.1, 0.15) is 23.2 Å². The van der Waals surface area contributed by atoms with Gasteiger partial charge in [0.1, 0.15) is 0 Å². The van der Waals surface area contributed by atoms with Gasteiger partial charge in [-0.15, -0.1) is 0 Å². The Balaban J connectivity index is 1.54. The van der Waals surface area contributed by atoms with E-state index < -0.39 is 11.7 Å². The number of nitrogens with zero attached hydrogens (tertiary/aromatic N) is 1. The van der Waals surface area contributed by atoms with Crippen molar-refractivity contribution in [1.82, 2.24) is 9.99 Å². The zero-order valence-corrected chi connectivity index (χ0v) is 14.8. The number of benzene rings is 2. The van der Waals surface area contributed by atoms with E-state index in [0.717, 1.165) is 0 Å². The molecular formula is C18H16ClN3O5. The van der Waals surface area contributed by atoms with Crippen molar-refractivity contribution in [2.24, 2.45) is 0 Å². The first-order valence-corrected chi connectivity index (χ1v) is 8.49. The smallest absolute Gasteiger partial charge is 0.419 e. The van der Waals surface area contributed by atoms with Crippen LogP contribution in [0.4, 0.5) is 5.69 Å². The molecule has 2 aromatic carbocycles. The van der Waals surface area contributed by atoms with Crippen molar-refractivity contribution in [3.8, 4) is 0 Å². The summed E-state index contributed by atoms with van der Waals surface area (Å²) in [6.45, 7) is 0.332. The van der Waals surface area contributed by atoms with Gasteiger partial charge in [0.15, 0.2) is 5.58 Å². The summed E-state index contributed by atoms with van der Waals surface area (Å²) in [5, 5.41) is 9.26. The number of fused-ring (bicyclic) bond motifs is 1. The van der Waals surface area contributed by atoms with Gasteiger partial charge in [-0.25, -0.2) is 9.59 Å². The lowest BCUT2D eigenvalue weighted by Gasteiger charge is -2.11. The fourth-order valence-electron chi connectivity index (χ4n) is 2.58. The maximum absolute atomic E-state index is 12.0. The van der Waals surface area contributed by atoms with Gasteiger partial charge in [-0.2, -0.15) is 0 Å². The van der Waals surface area contributed by atoms with Gasteiger partial charge in [-0.05, 0) is 36.8 Å². The van der Waals surface area contributed by atoms with E-state index in [9.17, 15) is 14.4 Å². The molecule has 1 heterocycles. The molecule has 0 bridgehead atoms. The predicted octanol–water partition coefficient (Wildman–Crippen LogP) is 2.87. The highest BCUT2D eigenvalue weighted by molar-refractivity contribution is 6.33. The Kier molecular flexibility index (Phi) is 5.46. The largest absolute Gasteiger partial charge is 0.478 e. The van der Waals surface area contributed by atoms with Gasteiger partial charge in [0.05, 0.1) is 21.8 Å². The second-order valence-electron chi connectivity index (χ2n) is 5.76. The van der Waals surface area contributed by atoms with E-state index in [1.54, 1.807) is 24.3 Å². The zero-order chi connectivity index (χ0) is 19.4. The Morgan fingerprint density at radius 1 is 1.19 bits per heavy atom. The number of hydrazine groups is 1. The number of aromatic carboxylic acids is 1. The molecule has 1 amide bonds. The molecular weight excluding hydrogens is 374 g/mol. The molecule has 1 aromatic heterocycles. The summed E-state index contributed by atoms with van der Waals surface area (Å²) in [5.41, 5.74) is 6.58. The summed E-state index contributed by atoms with van der Waals surface area (Å²) in [7, 11) is 0. The quantitative estimate of drug-likeness (QED) is 0.535. The lowest BCUT2D eigenvalue weighted by Crippen LogP contribution is -2.29. The number of anilines is 1. The maximum Gasteiger partial charge on any atom is 0.419 e. The number of oxazole rings is 1. The van der Waals surface area contributed by atoms with E-state index in [1.807, 2.05) is 0 Å². The third kappa shape index (κ3) is 4.29. The standard InChI is InChI=1S/C18H16ClN3O5/c19-12-8-7-11(17(24)25)10-13(12)20-21-16(23)6-3-9-22-14-4-1-2-5-15(14)27-18(22)26/h1-2,4-5,7-8,10,20H,3,6,9H2,(H,21,23)(H,24,25). The van der Waals surface area contributed by atoms with Gasteiger partial charge in [0, 0.05) is 13.0 Å². The number of rotatable bonds is 7. The summed E-state index contributed by atoms with van der Waals surface area (Å²) >= 11 is 5.97. The number of nitrogens with one attached hydrogen (secondary N) is 2. The summed E-state index contributed by atoms with van der Waals surface area (Å²) in [5.74, 6) is -1.89. The Hall–Kier alpha value is -3.26. The van der Waals surface area contributed by atoms with Gasteiger partial charge in [-0.3, -0.25) is 20.2 Å². The van der Waals surface area contributed by atoms with Crippen LogP contribution in [-0.4, -0.2) is 21.6 Å². The molecule has 0 atom stereocenters. The lowest BCUT2D eigenvalue weighted by molar-refractivity contribution is -0.120. The highest BCUT2D eigenvalue weighted by Gasteiger charge is 2.10. The molecule has 0 unspecified atom stereocenters. The third-order valence-electron chi connectivity index (χ3n) is 3.91. The second-order valence-corrected chi connectivity index (χ2v) is 6.17. The first-order chi connectivity index (χ1) is 13.0. The molecule has 0 radical (unpaired) electrons. The number of carboxylic acid groups (broad SMARTS) is 1. The van der Waals surface area contributed by atoms with Crippen molar-refractivity contribution in [2.75, 3.05) is 5.43 Å². The molecule has 140 valence electrons. The molecule has 0 saturated heterocycles. The molecule has 3 rings (SSSR count). The Bertz CT molecular complexity index is 1060. The molecule has 8 nitrogen and oxygen atoms in total. The Morgan fingerprint density at radius 3 is 2.74 bits per heavy atom. The zero-order valence-electron chi connectivity index (χ0n) is 14.1. The molecule has 3 N–H and O–H groups in total. The van der Waals surface area contributed by atoms with Gasteiger partial charge < -0.3 is 9.52 Å². The van der Waals surface area contributed by atoms with Crippen molar-refractivity contribution in [1.29, 1.82) is 0 Å². The minimum atomic E-state index is -1.10. The third-order valence-corrected chi connectivity index (χ3v) is 4.24. The number of carboxylic acids is 1. The summed E-state index contributed by atoms with van der Waals surface area (Å²) in [4.78, 5) is 34.8. The summed E-state index contributed by atoms with van der Waals surface area (Å²) in [6, 6.07) is 11.2. The summed E-state index contributed by atoms with van der Waals surface area (Å²) in [6.07, 6.45) is 0.565. The summed E-state index contributed by atoms with van der Waals surface area (Å²) < 4.78 is 6.61. The number of para-hydroxylation sites is 2. The van der Waals surface area contributed by atoms with Crippen LogP contribution in [0.5, 0.6) is 0 Å². The molecule has 3 aromatic rings. The second kappa shape index (κ2) is 7.96. The van der Waals surface area contributed by atoms with E-state index in [0.29, 0.717) is 24.1 Å². The normalized spacial score (nSPS) is 10.7. The predicted molar refractivity (Wildman–Crippen MR) is 99.9 cm³/mol. The minimum Gasteiger partial charge on any atom is -0.478 e. The van der Waals surface area contributed by atoms with Gasteiger partial charge in [-0.1, -0.05) is 23.7 Å². The van der Waals surface area contributed by atoms with Crippen LogP contribution < -0.4 is 16.6 Å². The number of aromatic nitrogens is 1. The lowest BCUT2D eigenvalue weighted by atomic mass is 10.2. The van der Waals surface area contributed by atoms with E-state index in [1.165, 1.54) is 22.8 Å². The van der Waals surface area contributed by atoms with Crippen molar-refractivity contribution in [3.63, 3.8) is 0 Å². The SMILES string of the molecule is O=C(CCCn1c(=O)oc2ccccc21)NNc1cc(C(=O)O)ccc1Cl. The number of carbonyl (C=O) groups excluding carboxylic acids is 1. The van der Waals surface area contributed by atoms with E-state index in [-0.39, 0.29) is 28.6 Å². The van der Waals surface area contributed by atoms with Gasteiger partial charge in [0.25, 0.3) is 0 Å². The van der Waals surface area contributed by atoms with Gasteiger partial charge in [0.2, 0.25) is 5.91 Å². The van der Waals surface area contributed by atoms with Crippen LogP contribution in [0.15, 0.2) is 51.7 Å². The van der Waals surface area contributed by atoms with Crippen LogP contribution in [-0.2, 0) is 11.3 Å².